The zero-order chi connectivity index (χ0) is 16.4. The first kappa shape index (κ1) is 15.9. The van der Waals surface area contributed by atoms with E-state index in [1.54, 1.807) is 17.5 Å². The van der Waals surface area contributed by atoms with Crippen molar-refractivity contribution in [1.82, 2.24) is 14.9 Å². The SMILES string of the molecule is Cc1cscc1C(=O)N1CCOC(c2ccnc(N(C)C)n2)C1. The number of anilines is 1. The standard InChI is InChI=1S/C16H20N4O2S/c1-11-9-23-10-12(11)15(21)20-6-7-22-14(8-20)13-4-5-17-16(18-13)19(2)3/h4-5,9-10,14H,6-8H2,1-3H3. The smallest absolute Gasteiger partial charge is 0.255 e. The molecule has 1 amide bonds. The highest BCUT2D eigenvalue weighted by molar-refractivity contribution is 7.08. The first-order valence-corrected chi connectivity index (χ1v) is 8.44. The minimum absolute atomic E-state index is 0.0685. The van der Waals surface area contributed by atoms with Crippen molar-refractivity contribution >= 4 is 23.2 Å². The fraction of sp³-hybridized carbons (Fsp3) is 0.438. The maximum atomic E-state index is 12.7. The van der Waals surface area contributed by atoms with Crippen LogP contribution in [0.5, 0.6) is 0 Å². The van der Waals surface area contributed by atoms with Crippen molar-refractivity contribution in [2.24, 2.45) is 0 Å². The van der Waals surface area contributed by atoms with Gasteiger partial charge in [0.2, 0.25) is 5.95 Å². The molecular formula is C16H20N4O2S. The highest BCUT2D eigenvalue weighted by Crippen LogP contribution is 2.24. The number of thiophene rings is 1. The molecule has 7 heteroatoms. The summed E-state index contributed by atoms with van der Waals surface area (Å²) in [6.45, 7) is 3.60. The lowest BCUT2D eigenvalue weighted by Crippen LogP contribution is -2.42. The minimum atomic E-state index is -0.214. The Morgan fingerprint density at radius 3 is 2.96 bits per heavy atom. The van der Waals surface area contributed by atoms with Crippen LogP contribution in [0.2, 0.25) is 0 Å². The van der Waals surface area contributed by atoms with Crippen molar-refractivity contribution in [3.05, 3.63) is 39.8 Å². The van der Waals surface area contributed by atoms with Crippen LogP contribution in [-0.2, 0) is 4.74 Å². The second kappa shape index (κ2) is 6.64. The van der Waals surface area contributed by atoms with E-state index in [9.17, 15) is 4.79 Å². The number of carbonyl (C=O) groups is 1. The summed E-state index contributed by atoms with van der Waals surface area (Å²) in [6, 6.07) is 1.85. The van der Waals surface area contributed by atoms with E-state index in [-0.39, 0.29) is 12.0 Å². The molecule has 0 radical (unpaired) electrons. The summed E-state index contributed by atoms with van der Waals surface area (Å²) < 4.78 is 5.83. The summed E-state index contributed by atoms with van der Waals surface area (Å²) in [5.41, 5.74) is 2.62. The molecule has 6 nitrogen and oxygen atoms in total. The molecule has 0 bridgehead atoms. The molecule has 23 heavy (non-hydrogen) atoms. The van der Waals surface area contributed by atoms with Gasteiger partial charge in [0, 0.05) is 32.2 Å². The number of hydrogen-bond donors (Lipinski definition) is 0. The average molecular weight is 332 g/mol. The molecule has 1 aliphatic heterocycles. The molecular weight excluding hydrogens is 312 g/mol. The number of hydrogen-bond acceptors (Lipinski definition) is 6. The highest BCUT2D eigenvalue weighted by atomic mass is 32.1. The Labute approximate surface area is 139 Å². The Bertz CT molecular complexity index is 701. The number of aromatic nitrogens is 2. The lowest BCUT2D eigenvalue weighted by Gasteiger charge is -2.32. The molecule has 0 N–H and O–H groups in total. The van der Waals surface area contributed by atoms with Crippen molar-refractivity contribution < 1.29 is 9.53 Å². The van der Waals surface area contributed by atoms with Crippen LogP contribution in [0.25, 0.3) is 0 Å². The third-order valence-corrected chi connectivity index (χ3v) is 4.70. The summed E-state index contributed by atoms with van der Waals surface area (Å²) in [5.74, 6) is 0.710. The molecule has 1 saturated heterocycles. The maximum absolute atomic E-state index is 12.7. The number of rotatable bonds is 3. The van der Waals surface area contributed by atoms with Crippen molar-refractivity contribution in [3.63, 3.8) is 0 Å². The van der Waals surface area contributed by atoms with Gasteiger partial charge in [0.1, 0.15) is 6.10 Å². The van der Waals surface area contributed by atoms with Gasteiger partial charge in [-0.1, -0.05) is 0 Å². The summed E-state index contributed by atoms with van der Waals surface area (Å²) in [7, 11) is 3.80. The molecule has 2 aromatic rings. The van der Waals surface area contributed by atoms with Crippen LogP contribution in [0.15, 0.2) is 23.0 Å². The minimum Gasteiger partial charge on any atom is -0.368 e. The first-order valence-electron chi connectivity index (χ1n) is 7.50. The predicted octanol–water partition coefficient (Wildman–Crippen LogP) is 2.13. The fourth-order valence-electron chi connectivity index (χ4n) is 2.52. The summed E-state index contributed by atoms with van der Waals surface area (Å²) in [6.07, 6.45) is 1.51. The van der Waals surface area contributed by atoms with E-state index >= 15 is 0 Å². The van der Waals surface area contributed by atoms with Crippen LogP contribution >= 0.6 is 11.3 Å². The van der Waals surface area contributed by atoms with Crippen LogP contribution in [-0.4, -0.2) is 54.6 Å². The van der Waals surface area contributed by atoms with E-state index in [1.165, 1.54) is 0 Å². The van der Waals surface area contributed by atoms with Crippen LogP contribution < -0.4 is 4.90 Å². The van der Waals surface area contributed by atoms with Gasteiger partial charge in [-0.25, -0.2) is 9.97 Å². The van der Waals surface area contributed by atoms with Crippen LogP contribution in [0.1, 0.15) is 27.7 Å². The van der Waals surface area contributed by atoms with Crippen molar-refractivity contribution in [3.8, 4) is 0 Å². The second-order valence-electron chi connectivity index (χ2n) is 5.76. The van der Waals surface area contributed by atoms with Crippen LogP contribution in [0, 0.1) is 6.92 Å². The number of nitrogens with zero attached hydrogens (tertiary/aromatic N) is 4. The van der Waals surface area contributed by atoms with Crippen molar-refractivity contribution in [2.75, 3.05) is 38.7 Å². The van der Waals surface area contributed by atoms with Gasteiger partial charge in [-0.2, -0.15) is 11.3 Å². The van der Waals surface area contributed by atoms with Crippen molar-refractivity contribution in [1.29, 1.82) is 0 Å². The molecule has 1 atom stereocenters. The molecule has 2 aromatic heterocycles. The molecule has 1 unspecified atom stereocenters. The molecule has 0 aliphatic carbocycles. The van der Waals surface area contributed by atoms with E-state index in [4.69, 9.17) is 4.74 Å². The molecule has 0 aromatic carbocycles. The monoisotopic (exact) mass is 332 g/mol. The van der Waals surface area contributed by atoms with E-state index in [0.717, 1.165) is 16.8 Å². The Kier molecular flexibility index (Phi) is 4.58. The first-order chi connectivity index (χ1) is 11.1. The lowest BCUT2D eigenvalue weighted by molar-refractivity contribution is -0.0247. The van der Waals surface area contributed by atoms with Gasteiger partial charge in [-0.15, -0.1) is 0 Å². The molecule has 3 rings (SSSR count). The number of ether oxygens (including phenoxy) is 1. The topological polar surface area (TPSA) is 58.6 Å². The Morgan fingerprint density at radius 2 is 2.26 bits per heavy atom. The molecule has 1 fully saturated rings. The molecule has 3 heterocycles. The van der Waals surface area contributed by atoms with Crippen molar-refractivity contribution in [2.45, 2.75) is 13.0 Å². The van der Waals surface area contributed by atoms with E-state index in [2.05, 4.69) is 9.97 Å². The van der Waals surface area contributed by atoms with Gasteiger partial charge in [0.25, 0.3) is 5.91 Å². The fourth-order valence-corrected chi connectivity index (χ4v) is 3.34. The average Bonchev–Trinajstić information content (AvgIpc) is 3.00. The Balaban J connectivity index is 1.77. The number of aryl methyl sites for hydroxylation is 1. The van der Waals surface area contributed by atoms with Gasteiger partial charge >= 0.3 is 0 Å². The quantitative estimate of drug-likeness (QED) is 0.862. The molecule has 122 valence electrons. The van der Waals surface area contributed by atoms with Gasteiger partial charge in [-0.3, -0.25) is 4.79 Å². The highest BCUT2D eigenvalue weighted by Gasteiger charge is 2.28. The number of carbonyl (C=O) groups excluding carboxylic acids is 1. The molecule has 0 spiro atoms. The molecule has 1 aliphatic rings. The summed E-state index contributed by atoms with van der Waals surface area (Å²) >= 11 is 1.56. The third kappa shape index (κ3) is 3.35. The largest absolute Gasteiger partial charge is 0.368 e. The predicted molar refractivity (Wildman–Crippen MR) is 90.0 cm³/mol. The zero-order valence-electron chi connectivity index (χ0n) is 13.5. The second-order valence-corrected chi connectivity index (χ2v) is 6.50. The summed E-state index contributed by atoms with van der Waals surface area (Å²) in [5, 5.41) is 3.91. The summed E-state index contributed by atoms with van der Waals surface area (Å²) in [4.78, 5) is 25.1. The van der Waals surface area contributed by atoms with Crippen LogP contribution in [0.3, 0.4) is 0 Å². The zero-order valence-corrected chi connectivity index (χ0v) is 14.3. The van der Waals surface area contributed by atoms with Gasteiger partial charge < -0.3 is 14.5 Å². The maximum Gasteiger partial charge on any atom is 0.255 e. The normalized spacial score (nSPS) is 18.0. The Morgan fingerprint density at radius 1 is 1.43 bits per heavy atom. The van der Waals surface area contributed by atoms with E-state index in [0.29, 0.717) is 25.6 Å². The number of amides is 1. The lowest BCUT2D eigenvalue weighted by atomic mass is 10.1. The van der Waals surface area contributed by atoms with Gasteiger partial charge in [0.05, 0.1) is 24.4 Å². The van der Waals surface area contributed by atoms with E-state index in [1.807, 2.05) is 47.6 Å². The third-order valence-electron chi connectivity index (χ3n) is 3.83. The Hall–Kier alpha value is -1.99. The molecule has 0 saturated carbocycles. The number of morpholine rings is 1. The van der Waals surface area contributed by atoms with E-state index < -0.39 is 0 Å². The van der Waals surface area contributed by atoms with Gasteiger partial charge in [0.15, 0.2) is 0 Å². The van der Waals surface area contributed by atoms with Gasteiger partial charge in [-0.05, 0) is 23.9 Å². The van der Waals surface area contributed by atoms with Crippen LogP contribution in [0.4, 0.5) is 5.95 Å².